The van der Waals surface area contributed by atoms with Crippen molar-refractivity contribution in [3.63, 3.8) is 0 Å². The molecule has 33 heavy (non-hydrogen) atoms. The summed E-state index contributed by atoms with van der Waals surface area (Å²) in [6.07, 6.45) is 14.8. The third-order valence-corrected chi connectivity index (χ3v) is 11.2. The van der Waals surface area contributed by atoms with Crippen LogP contribution in [0.25, 0.3) is 0 Å². The van der Waals surface area contributed by atoms with Gasteiger partial charge in [-0.15, -0.1) is 0 Å². The molecule has 182 valence electrons. The van der Waals surface area contributed by atoms with Gasteiger partial charge in [0.1, 0.15) is 5.78 Å². The number of carbonyl (C=O) groups excluding carboxylic acids is 2. The summed E-state index contributed by atoms with van der Waals surface area (Å²) >= 11 is 0. The molecule has 0 spiro atoms. The first-order valence-electron chi connectivity index (χ1n) is 13.5. The van der Waals surface area contributed by atoms with Gasteiger partial charge in [0.25, 0.3) is 0 Å². The van der Waals surface area contributed by atoms with Crippen LogP contribution in [0.4, 0.5) is 4.79 Å². The van der Waals surface area contributed by atoms with Crippen LogP contribution in [-0.2, 0) is 9.53 Å². The zero-order valence-corrected chi connectivity index (χ0v) is 21.0. The van der Waals surface area contributed by atoms with Crippen molar-refractivity contribution >= 4 is 17.6 Å². The van der Waals surface area contributed by atoms with Gasteiger partial charge in [0.05, 0.1) is 12.3 Å². The molecule has 5 rings (SSSR count). The number of Topliss-reactive ketones (excluding diaryl/α,β-unsaturated/α-hetero) is 1. The molecule has 1 amide bonds. The summed E-state index contributed by atoms with van der Waals surface area (Å²) in [6.45, 7) is 9.07. The Labute approximate surface area is 199 Å². The molecule has 4 saturated carbocycles. The van der Waals surface area contributed by atoms with E-state index >= 15 is 0 Å². The Hall–Kier alpha value is -1.65. The van der Waals surface area contributed by atoms with Gasteiger partial charge in [-0.2, -0.15) is 5.10 Å². The largest absolute Gasteiger partial charge is 0.449 e. The quantitative estimate of drug-likeness (QED) is 0.500. The Balaban J connectivity index is 1.40. The van der Waals surface area contributed by atoms with Crippen molar-refractivity contribution in [3.05, 3.63) is 11.6 Å². The number of hydrogen-bond donors (Lipinski definition) is 1. The fraction of sp³-hybridized carbons (Fsp3) is 0.821. The van der Waals surface area contributed by atoms with Crippen LogP contribution in [0.15, 0.2) is 16.8 Å². The molecule has 0 aromatic rings. The van der Waals surface area contributed by atoms with Gasteiger partial charge in [-0.1, -0.05) is 32.3 Å². The molecule has 0 heterocycles. The first-order chi connectivity index (χ1) is 15.8. The van der Waals surface area contributed by atoms with Gasteiger partial charge in [-0.05, 0) is 112 Å². The number of hydrazone groups is 1. The van der Waals surface area contributed by atoms with Crippen LogP contribution in [0.1, 0.15) is 98.3 Å². The second kappa shape index (κ2) is 8.23. The molecule has 1 N–H and O–H groups in total. The molecule has 4 fully saturated rings. The molecule has 0 aliphatic heterocycles. The van der Waals surface area contributed by atoms with Gasteiger partial charge in [0.15, 0.2) is 0 Å². The molecule has 5 heteroatoms. The highest BCUT2D eigenvalue weighted by molar-refractivity contribution is 5.97. The minimum atomic E-state index is -0.478. The van der Waals surface area contributed by atoms with Crippen LogP contribution in [0.5, 0.6) is 0 Å². The smallest absolute Gasteiger partial charge is 0.427 e. The third-order valence-electron chi connectivity index (χ3n) is 11.2. The molecule has 0 aromatic carbocycles. The average Bonchev–Trinajstić information content (AvgIpc) is 3.08. The van der Waals surface area contributed by atoms with E-state index in [1.54, 1.807) is 6.92 Å². The Kier molecular flexibility index (Phi) is 5.77. The van der Waals surface area contributed by atoms with Gasteiger partial charge >= 0.3 is 6.09 Å². The summed E-state index contributed by atoms with van der Waals surface area (Å²) in [5, 5.41) is 4.35. The maximum Gasteiger partial charge on any atom is 0.427 e. The Morgan fingerprint density at radius 3 is 2.67 bits per heavy atom. The van der Waals surface area contributed by atoms with Crippen molar-refractivity contribution in [3.8, 4) is 0 Å². The summed E-state index contributed by atoms with van der Waals surface area (Å²) in [4.78, 5) is 24.9. The summed E-state index contributed by atoms with van der Waals surface area (Å²) in [7, 11) is 0. The van der Waals surface area contributed by atoms with E-state index in [0.717, 1.165) is 37.3 Å². The van der Waals surface area contributed by atoms with Crippen LogP contribution >= 0.6 is 0 Å². The van der Waals surface area contributed by atoms with Gasteiger partial charge in [0.2, 0.25) is 0 Å². The highest BCUT2D eigenvalue weighted by Gasteiger charge is 2.69. The van der Waals surface area contributed by atoms with Crippen molar-refractivity contribution < 1.29 is 14.3 Å². The monoisotopic (exact) mass is 454 g/mol. The fourth-order valence-corrected chi connectivity index (χ4v) is 9.74. The zero-order valence-electron chi connectivity index (χ0n) is 21.0. The lowest BCUT2D eigenvalue weighted by molar-refractivity contribution is -0.147. The highest BCUT2D eigenvalue weighted by atomic mass is 16.5. The second-order valence-electron chi connectivity index (χ2n) is 12.1. The first kappa shape index (κ1) is 23.1. The van der Waals surface area contributed by atoms with Gasteiger partial charge in [-0.3, -0.25) is 4.79 Å². The highest BCUT2D eigenvalue weighted by Crippen LogP contribution is 2.74. The van der Waals surface area contributed by atoms with Crippen molar-refractivity contribution in [1.29, 1.82) is 0 Å². The van der Waals surface area contributed by atoms with E-state index in [9.17, 15) is 9.59 Å². The number of hydrogen-bond acceptors (Lipinski definition) is 4. The molecule has 7 atom stereocenters. The van der Waals surface area contributed by atoms with E-state index in [1.807, 2.05) is 6.92 Å². The predicted molar refractivity (Wildman–Crippen MR) is 130 cm³/mol. The van der Waals surface area contributed by atoms with Crippen molar-refractivity contribution in [2.75, 3.05) is 6.61 Å². The first-order valence-corrected chi connectivity index (χ1v) is 13.5. The molecule has 5 nitrogen and oxygen atoms in total. The molecule has 7 unspecified atom stereocenters. The summed E-state index contributed by atoms with van der Waals surface area (Å²) in [5.41, 5.74) is 5.41. The van der Waals surface area contributed by atoms with E-state index in [4.69, 9.17) is 4.74 Å². The number of ketones is 1. The van der Waals surface area contributed by atoms with E-state index in [-0.39, 0.29) is 16.2 Å². The second-order valence-corrected chi connectivity index (χ2v) is 12.1. The fourth-order valence-electron chi connectivity index (χ4n) is 9.74. The maximum absolute atomic E-state index is 13.2. The minimum Gasteiger partial charge on any atom is -0.449 e. The predicted octanol–water partition coefficient (Wildman–Crippen LogP) is 6.43. The van der Waals surface area contributed by atoms with Gasteiger partial charge in [-0.25, -0.2) is 10.2 Å². The maximum atomic E-state index is 13.2. The van der Waals surface area contributed by atoms with E-state index in [1.165, 1.54) is 50.5 Å². The third kappa shape index (κ3) is 3.27. The molecule has 0 aromatic heterocycles. The summed E-state index contributed by atoms with van der Waals surface area (Å²) in [5.74, 6) is 3.25. The minimum absolute atomic E-state index is 0.0525. The molecule has 0 saturated heterocycles. The van der Waals surface area contributed by atoms with Crippen molar-refractivity contribution in [2.45, 2.75) is 98.3 Å². The number of nitrogens with zero attached hydrogens (tertiary/aromatic N) is 1. The normalized spacial score (nSPS) is 45.2. The number of carbonyl (C=O) groups is 2. The van der Waals surface area contributed by atoms with Gasteiger partial charge < -0.3 is 4.74 Å². The lowest BCUT2D eigenvalue weighted by Gasteiger charge is -2.60. The lowest BCUT2D eigenvalue weighted by atomic mass is 9.44. The van der Waals surface area contributed by atoms with Gasteiger partial charge in [0, 0.05) is 5.41 Å². The number of amides is 1. The van der Waals surface area contributed by atoms with Crippen LogP contribution < -0.4 is 5.43 Å². The Morgan fingerprint density at radius 1 is 1.09 bits per heavy atom. The number of nitrogens with one attached hydrogen (secondary N) is 1. The lowest BCUT2D eigenvalue weighted by Crippen LogP contribution is -2.55. The zero-order chi connectivity index (χ0) is 23.4. The van der Waals surface area contributed by atoms with Crippen molar-refractivity contribution in [2.24, 2.45) is 45.0 Å². The van der Waals surface area contributed by atoms with Crippen LogP contribution in [0, 0.1) is 39.9 Å². The molecule has 0 radical (unpaired) electrons. The molecule has 5 aliphatic carbocycles. The SMILES string of the molecule is CCOC(=O)NN=C1C=C2CCC3C(CCC4(C)C3CC3CCCCC34C(C)=O)C2(C)CC1. The van der Waals surface area contributed by atoms with E-state index < -0.39 is 6.09 Å². The molecule has 5 aliphatic rings. The van der Waals surface area contributed by atoms with Crippen LogP contribution in [0.3, 0.4) is 0 Å². The van der Waals surface area contributed by atoms with E-state index in [2.05, 4.69) is 30.5 Å². The topological polar surface area (TPSA) is 67.8 Å². The Morgan fingerprint density at radius 2 is 1.91 bits per heavy atom. The summed E-state index contributed by atoms with van der Waals surface area (Å²) in [6, 6.07) is 0. The number of fused-ring (bicyclic) bond motifs is 7. The van der Waals surface area contributed by atoms with Crippen LogP contribution in [-0.4, -0.2) is 24.2 Å². The number of rotatable bonds is 3. The average molecular weight is 455 g/mol. The number of ether oxygens (including phenoxy) is 1. The van der Waals surface area contributed by atoms with E-state index in [0.29, 0.717) is 30.1 Å². The molecular formula is C28H42N2O3. The molecular weight excluding hydrogens is 412 g/mol. The standard InChI is InChI=1S/C28H42N2O3/c1-5-33-25(32)30-29-21-11-14-26(3)19(16-21)9-10-22-23(26)12-15-27(4)24(22)17-20-8-6-7-13-28(20,27)18(2)31/h16,20,22-24H,5-15,17H2,1-4H3,(H,30,32). The van der Waals surface area contributed by atoms with Crippen LogP contribution in [0.2, 0.25) is 0 Å². The number of allylic oxidation sites excluding steroid dienone is 2. The summed E-state index contributed by atoms with van der Waals surface area (Å²) < 4.78 is 4.94. The van der Waals surface area contributed by atoms with Crippen molar-refractivity contribution in [1.82, 2.24) is 5.43 Å². The molecule has 0 bridgehead atoms. The Bertz CT molecular complexity index is 894.